The Morgan fingerprint density at radius 2 is 2.20 bits per heavy atom. The Balaban J connectivity index is 2.98. The van der Waals surface area contributed by atoms with Crippen molar-refractivity contribution in [2.45, 2.75) is 0 Å². The first-order chi connectivity index (χ1) is 7.16. The molecule has 0 N–H and O–H groups in total. The summed E-state index contributed by atoms with van der Waals surface area (Å²) in [7, 11) is 0. The second kappa shape index (κ2) is 4.97. The van der Waals surface area contributed by atoms with Crippen molar-refractivity contribution in [3.05, 3.63) is 39.9 Å². The first kappa shape index (κ1) is 11.0. The van der Waals surface area contributed by atoms with Crippen LogP contribution >= 0.6 is 12.0 Å². The summed E-state index contributed by atoms with van der Waals surface area (Å²) in [4.78, 5) is 21.1. The van der Waals surface area contributed by atoms with E-state index in [0.717, 1.165) is 0 Å². The van der Waals surface area contributed by atoms with Crippen molar-refractivity contribution in [1.82, 2.24) is 0 Å². The molecule has 0 aliphatic rings. The second-order valence-corrected chi connectivity index (χ2v) is 2.84. The van der Waals surface area contributed by atoms with Crippen LogP contribution in [0.15, 0.2) is 24.3 Å². The molecule has 1 rings (SSSR count). The number of nitrogens with zero attached hydrogens (tertiary/aromatic N) is 2. The molecule has 0 aliphatic heterocycles. The van der Waals surface area contributed by atoms with Crippen molar-refractivity contribution in [2.75, 3.05) is 0 Å². The minimum atomic E-state index is -0.908. The van der Waals surface area contributed by atoms with Crippen molar-refractivity contribution >= 4 is 23.7 Å². The summed E-state index contributed by atoms with van der Waals surface area (Å²) in [6.45, 7) is 0. The first-order valence-electron chi connectivity index (χ1n) is 3.67. The average molecular weight is 224 g/mol. The number of hydrogen-bond donors (Lipinski definition) is 0. The highest BCUT2D eigenvalue weighted by atomic mass is 32.2. The molecule has 0 bridgehead atoms. The third kappa shape index (κ3) is 2.69. The number of nitro groups is 1. The van der Waals surface area contributed by atoms with Gasteiger partial charge >= 0.3 is 5.97 Å². The molecular weight excluding hydrogens is 220 g/mol. The molecule has 6 nitrogen and oxygen atoms in total. The topological polar surface area (TPSA) is 93.2 Å². The molecule has 0 heterocycles. The molecule has 0 fully saturated rings. The van der Waals surface area contributed by atoms with Crippen molar-refractivity contribution in [1.29, 1.82) is 5.26 Å². The highest BCUT2D eigenvalue weighted by Crippen LogP contribution is 2.20. The van der Waals surface area contributed by atoms with Crippen LogP contribution in [0.4, 0.5) is 5.69 Å². The van der Waals surface area contributed by atoms with E-state index in [1.165, 1.54) is 29.7 Å². The summed E-state index contributed by atoms with van der Waals surface area (Å²) in [5.41, 5.74) is -0.522. The number of carbonyl (C=O) groups excluding carboxylic acids is 1. The van der Waals surface area contributed by atoms with Gasteiger partial charge in [-0.1, -0.05) is 12.1 Å². The van der Waals surface area contributed by atoms with Gasteiger partial charge in [-0.05, 0) is 6.07 Å². The fourth-order valence-electron chi connectivity index (χ4n) is 0.907. The van der Waals surface area contributed by atoms with Crippen LogP contribution in [0.5, 0.6) is 0 Å². The summed E-state index contributed by atoms with van der Waals surface area (Å²) in [5, 5.41) is 20.2. The minimum Gasteiger partial charge on any atom is -0.371 e. The van der Waals surface area contributed by atoms with E-state index in [1.54, 1.807) is 0 Å². The van der Waals surface area contributed by atoms with Gasteiger partial charge in [-0.25, -0.2) is 4.79 Å². The van der Waals surface area contributed by atoms with Crippen LogP contribution in [0.3, 0.4) is 0 Å². The Bertz CT molecular complexity index is 441. The summed E-state index contributed by atoms with van der Waals surface area (Å²) >= 11 is 0.265. The maximum atomic E-state index is 11.2. The monoisotopic (exact) mass is 224 g/mol. The Labute approximate surface area is 88.8 Å². The quantitative estimate of drug-likeness (QED) is 0.337. The fraction of sp³-hybridized carbons (Fsp3) is 0. The standard InChI is InChI=1S/C8H4N2O4S/c9-5-15-14-8(11)6-3-1-2-4-7(6)10(12)13/h1-4H. The van der Waals surface area contributed by atoms with Crippen molar-refractivity contribution in [2.24, 2.45) is 0 Å². The van der Waals surface area contributed by atoms with E-state index in [0.29, 0.717) is 0 Å². The predicted octanol–water partition coefficient (Wildman–Crippen LogP) is 1.88. The van der Waals surface area contributed by atoms with Crippen LogP contribution < -0.4 is 0 Å². The van der Waals surface area contributed by atoms with E-state index >= 15 is 0 Å². The molecule has 0 saturated carbocycles. The van der Waals surface area contributed by atoms with Gasteiger partial charge in [0.2, 0.25) is 0 Å². The van der Waals surface area contributed by atoms with E-state index in [-0.39, 0.29) is 23.3 Å². The molecule has 0 radical (unpaired) electrons. The first-order valence-corrected chi connectivity index (χ1v) is 4.41. The van der Waals surface area contributed by atoms with Gasteiger partial charge in [-0.15, -0.1) is 0 Å². The van der Waals surface area contributed by atoms with Crippen LogP contribution in [0, 0.1) is 20.8 Å². The second-order valence-electron chi connectivity index (χ2n) is 2.32. The zero-order valence-corrected chi connectivity index (χ0v) is 8.06. The number of para-hydroxylation sites is 1. The van der Waals surface area contributed by atoms with Crippen molar-refractivity contribution in [3.63, 3.8) is 0 Å². The molecule has 0 aliphatic carbocycles. The third-order valence-electron chi connectivity index (χ3n) is 1.48. The predicted molar refractivity (Wildman–Crippen MR) is 51.7 cm³/mol. The van der Waals surface area contributed by atoms with Gasteiger partial charge < -0.3 is 4.18 Å². The summed E-state index contributed by atoms with van der Waals surface area (Å²) in [5.74, 6) is -0.908. The summed E-state index contributed by atoms with van der Waals surface area (Å²) in [6.07, 6.45) is 0. The van der Waals surface area contributed by atoms with Crippen molar-refractivity contribution < 1.29 is 13.9 Å². The maximum Gasteiger partial charge on any atom is 0.358 e. The van der Waals surface area contributed by atoms with Gasteiger partial charge in [-0.3, -0.25) is 10.1 Å². The fourth-order valence-corrected chi connectivity index (χ4v) is 1.11. The summed E-state index contributed by atoms with van der Waals surface area (Å²) in [6, 6.07) is 5.36. The lowest BCUT2D eigenvalue weighted by atomic mass is 10.2. The summed E-state index contributed by atoms with van der Waals surface area (Å²) < 4.78 is 4.38. The van der Waals surface area contributed by atoms with Gasteiger partial charge in [-0.2, -0.15) is 5.26 Å². The van der Waals surface area contributed by atoms with E-state index in [1.807, 2.05) is 0 Å². The SMILES string of the molecule is N#CSOC(=O)c1ccccc1[N+](=O)[O-]. The smallest absolute Gasteiger partial charge is 0.358 e. The van der Waals surface area contributed by atoms with Gasteiger partial charge in [0.15, 0.2) is 17.4 Å². The number of hydrogen-bond acceptors (Lipinski definition) is 6. The Morgan fingerprint density at radius 1 is 1.53 bits per heavy atom. The molecule has 15 heavy (non-hydrogen) atoms. The molecule has 76 valence electrons. The molecule has 0 amide bonds. The van der Waals surface area contributed by atoms with E-state index in [2.05, 4.69) is 4.18 Å². The number of nitriles is 1. The number of nitro benzene ring substituents is 1. The van der Waals surface area contributed by atoms with Crippen LogP contribution in [0.1, 0.15) is 10.4 Å². The number of carbonyl (C=O) groups is 1. The lowest BCUT2D eigenvalue weighted by Crippen LogP contribution is -2.03. The molecule has 1 aromatic rings. The van der Waals surface area contributed by atoms with Crippen LogP contribution in [-0.4, -0.2) is 10.9 Å². The van der Waals surface area contributed by atoms with E-state index in [4.69, 9.17) is 5.26 Å². The van der Waals surface area contributed by atoms with E-state index in [9.17, 15) is 14.9 Å². The molecule has 7 heteroatoms. The Kier molecular flexibility index (Phi) is 3.65. The molecule has 0 saturated heterocycles. The molecule has 0 unspecified atom stereocenters. The minimum absolute atomic E-state index is 0.176. The van der Waals surface area contributed by atoms with Gasteiger partial charge in [0.1, 0.15) is 5.56 Å². The van der Waals surface area contributed by atoms with E-state index < -0.39 is 10.9 Å². The molecule has 0 aromatic heterocycles. The Hall–Kier alpha value is -2.07. The van der Waals surface area contributed by atoms with Gasteiger partial charge in [0.05, 0.1) is 4.92 Å². The average Bonchev–Trinajstić information content (AvgIpc) is 2.25. The highest BCUT2D eigenvalue weighted by Gasteiger charge is 2.20. The number of rotatable bonds is 3. The van der Waals surface area contributed by atoms with Crippen LogP contribution in [0.2, 0.25) is 0 Å². The molecule has 0 atom stereocenters. The molecule has 0 spiro atoms. The number of thiocyanates is 1. The largest absolute Gasteiger partial charge is 0.371 e. The van der Waals surface area contributed by atoms with Gasteiger partial charge in [0, 0.05) is 6.07 Å². The zero-order chi connectivity index (χ0) is 11.3. The Morgan fingerprint density at radius 3 is 2.80 bits per heavy atom. The van der Waals surface area contributed by atoms with Gasteiger partial charge in [0.25, 0.3) is 5.69 Å². The maximum absolute atomic E-state index is 11.2. The highest BCUT2D eigenvalue weighted by molar-refractivity contribution is 7.99. The molecular formula is C8H4N2O4S. The third-order valence-corrected chi connectivity index (χ3v) is 1.78. The lowest BCUT2D eigenvalue weighted by Gasteiger charge is -1.99. The van der Waals surface area contributed by atoms with Crippen LogP contribution in [0.25, 0.3) is 0 Å². The molecule has 1 aromatic carbocycles. The number of benzene rings is 1. The van der Waals surface area contributed by atoms with Crippen LogP contribution in [-0.2, 0) is 4.18 Å². The lowest BCUT2D eigenvalue weighted by molar-refractivity contribution is -0.385. The zero-order valence-electron chi connectivity index (χ0n) is 7.25. The normalized spacial score (nSPS) is 9.00. The van der Waals surface area contributed by atoms with Crippen molar-refractivity contribution in [3.8, 4) is 5.40 Å².